The maximum atomic E-state index is 12.7. The topological polar surface area (TPSA) is 117 Å². The molecule has 0 saturated carbocycles. The fourth-order valence-electron chi connectivity index (χ4n) is 6.72. The molecule has 0 radical (unpaired) electrons. The second-order valence-corrected chi connectivity index (χ2v) is 17.7. The Hall–Kier alpha value is -2.06. The molecule has 2 unspecified atom stereocenters. The van der Waals surface area contributed by atoms with Crippen LogP contribution in [0.3, 0.4) is 0 Å². The molecule has 0 aromatic heterocycles. The second-order valence-electron chi connectivity index (χ2n) is 16.3. The summed E-state index contributed by atoms with van der Waals surface area (Å²) in [6.45, 7) is 4.79. The zero-order valence-corrected chi connectivity index (χ0v) is 40.3. The first-order valence-corrected chi connectivity index (χ1v) is 26.4. The zero-order chi connectivity index (χ0) is 44.4. The maximum absolute atomic E-state index is 12.7. The SMILES string of the molecule is CC/C=C\C/C=C\C/C=C\C/C=C\C/C=C\CCCCCCCCCCCC(=O)OC(COCCCCCCCC/C=C\CCCCCCCCC)COP(=O)(O)OCCN. The van der Waals surface area contributed by atoms with Crippen molar-refractivity contribution in [2.75, 3.05) is 33.0 Å². The Kier molecular flexibility index (Phi) is 47.3. The number of rotatable bonds is 47. The summed E-state index contributed by atoms with van der Waals surface area (Å²) >= 11 is 0. The van der Waals surface area contributed by atoms with Gasteiger partial charge in [0.2, 0.25) is 0 Å². The third-order valence-electron chi connectivity index (χ3n) is 10.4. The minimum Gasteiger partial charge on any atom is -0.457 e. The highest BCUT2D eigenvalue weighted by Gasteiger charge is 2.25. The van der Waals surface area contributed by atoms with Crippen LogP contribution in [0.1, 0.15) is 213 Å². The van der Waals surface area contributed by atoms with Gasteiger partial charge in [-0.2, -0.15) is 0 Å². The highest BCUT2D eigenvalue weighted by molar-refractivity contribution is 7.47. The van der Waals surface area contributed by atoms with Crippen molar-refractivity contribution in [3.05, 3.63) is 72.9 Å². The minimum absolute atomic E-state index is 0.0955. The summed E-state index contributed by atoms with van der Waals surface area (Å²) in [5.41, 5.74) is 5.38. The quantitative estimate of drug-likeness (QED) is 0.0269. The summed E-state index contributed by atoms with van der Waals surface area (Å²) in [5, 5.41) is 0. The standard InChI is InChI=1S/C52H94NO7P/c1-3-5-7-9-11-13-15-17-19-21-22-23-24-25-26-27-28-29-31-33-35-37-39-41-43-45-52(54)60-51(50-59-61(55,56)58-48-46-53)49-57-47-44-42-40-38-36-34-32-30-20-18-16-14-12-10-8-6-4-2/h5,7,11,13,17,19-20,22-23,25-26,30,51H,3-4,6,8-10,12,14-16,18,21,24,27-29,31-50,53H2,1-2H3,(H,55,56)/b7-5-,13-11-,19-17-,23-22-,26-25-,30-20-. The highest BCUT2D eigenvalue weighted by Crippen LogP contribution is 2.43. The lowest BCUT2D eigenvalue weighted by atomic mass is 10.1. The molecular formula is C52H94NO7P. The van der Waals surface area contributed by atoms with E-state index in [9.17, 15) is 14.3 Å². The van der Waals surface area contributed by atoms with Crippen LogP contribution >= 0.6 is 7.82 Å². The highest BCUT2D eigenvalue weighted by atomic mass is 31.2. The van der Waals surface area contributed by atoms with E-state index < -0.39 is 13.9 Å². The summed E-state index contributed by atoms with van der Waals surface area (Å²) in [6.07, 6.45) is 62.1. The first-order chi connectivity index (χ1) is 29.9. The average Bonchev–Trinajstić information content (AvgIpc) is 3.25. The number of nitrogens with two attached hydrogens (primary N) is 1. The zero-order valence-electron chi connectivity index (χ0n) is 39.4. The lowest BCUT2D eigenvalue weighted by Gasteiger charge is -2.20. The van der Waals surface area contributed by atoms with Gasteiger partial charge in [0.25, 0.3) is 0 Å². The Morgan fingerprint density at radius 3 is 1.39 bits per heavy atom. The third-order valence-corrected chi connectivity index (χ3v) is 11.3. The van der Waals surface area contributed by atoms with Gasteiger partial charge in [-0.05, 0) is 83.5 Å². The van der Waals surface area contributed by atoms with Crippen LogP contribution in [0.2, 0.25) is 0 Å². The van der Waals surface area contributed by atoms with Gasteiger partial charge >= 0.3 is 13.8 Å². The van der Waals surface area contributed by atoms with Crippen molar-refractivity contribution in [1.82, 2.24) is 0 Å². The van der Waals surface area contributed by atoms with Crippen LogP contribution in [0, 0.1) is 0 Å². The average molecular weight is 876 g/mol. The van der Waals surface area contributed by atoms with Crippen LogP contribution in [0.25, 0.3) is 0 Å². The van der Waals surface area contributed by atoms with Gasteiger partial charge in [-0.1, -0.05) is 196 Å². The van der Waals surface area contributed by atoms with Gasteiger partial charge in [0.15, 0.2) is 0 Å². The van der Waals surface area contributed by atoms with Crippen LogP contribution in [-0.2, 0) is 27.9 Å². The molecule has 0 aliphatic rings. The van der Waals surface area contributed by atoms with E-state index in [4.69, 9.17) is 24.3 Å². The summed E-state index contributed by atoms with van der Waals surface area (Å²) in [4.78, 5) is 22.6. The van der Waals surface area contributed by atoms with E-state index in [1.807, 2.05) is 0 Å². The molecule has 0 rings (SSSR count). The Morgan fingerprint density at radius 1 is 0.508 bits per heavy atom. The Morgan fingerprint density at radius 2 is 0.918 bits per heavy atom. The van der Waals surface area contributed by atoms with Crippen molar-refractivity contribution < 1.29 is 32.8 Å². The third kappa shape index (κ3) is 48.8. The number of carbonyl (C=O) groups is 1. The molecular weight excluding hydrogens is 782 g/mol. The maximum Gasteiger partial charge on any atom is 0.472 e. The Bertz CT molecular complexity index is 1160. The molecule has 9 heteroatoms. The number of ether oxygens (including phenoxy) is 2. The van der Waals surface area contributed by atoms with Gasteiger partial charge in [-0.15, -0.1) is 0 Å². The normalized spacial score (nSPS) is 14.0. The van der Waals surface area contributed by atoms with Crippen molar-refractivity contribution in [3.63, 3.8) is 0 Å². The molecule has 3 N–H and O–H groups in total. The van der Waals surface area contributed by atoms with Gasteiger partial charge in [0, 0.05) is 19.6 Å². The number of phosphoric acid groups is 1. The number of hydrogen-bond acceptors (Lipinski definition) is 7. The van der Waals surface area contributed by atoms with Crippen molar-refractivity contribution in [2.24, 2.45) is 5.73 Å². The number of esters is 1. The molecule has 0 amide bonds. The molecule has 0 aliphatic heterocycles. The fraction of sp³-hybridized carbons (Fsp3) is 0.750. The van der Waals surface area contributed by atoms with Crippen LogP contribution in [0.15, 0.2) is 72.9 Å². The molecule has 354 valence electrons. The predicted molar refractivity (Wildman–Crippen MR) is 261 cm³/mol. The fourth-order valence-corrected chi connectivity index (χ4v) is 7.49. The molecule has 0 bridgehead atoms. The predicted octanol–water partition coefficient (Wildman–Crippen LogP) is 15.5. The van der Waals surface area contributed by atoms with Gasteiger partial charge in [-0.25, -0.2) is 4.57 Å². The number of carbonyl (C=O) groups excluding carboxylic acids is 1. The Labute approximate surface area is 376 Å². The van der Waals surface area contributed by atoms with Crippen molar-refractivity contribution >= 4 is 13.8 Å². The van der Waals surface area contributed by atoms with Crippen molar-refractivity contribution in [1.29, 1.82) is 0 Å². The molecule has 8 nitrogen and oxygen atoms in total. The molecule has 0 heterocycles. The van der Waals surface area contributed by atoms with Gasteiger partial charge in [0.05, 0.1) is 19.8 Å². The first kappa shape index (κ1) is 58.9. The van der Waals surface area contributed by atoms with Crippen LogP contribution in [0.5, 0.6) is 0 Å². The van der Waals surface area contributed by atoms with Gasteiger partial charge in [-0.3, -0.25) is 13.8 Å². The largest absolute Gasteiger partial charge is 0.472 e. The lowest BCUT2D eigenvalue weighted by Crippen LogP contribution is -2.28. The summed E-state index contributed by atoms with van der Waals surface area (Å²) < 4.78 is 33.5. The number of hydrogen-bond donors (Lipinski definition) is 2. The summed E-state index contributed by atoms with van der Waals surface area (Å²) in [7, 11) is -4.29. The molecule has 0 saturated heterocycles. The lowest BCUT2D eigenvalue weighted by molar-refractivity contribution is -0.154. The number of allylic oxidation sites excluding steroid dienone is 12. The summed E-state index contributed by atoms with van der Waals surface area (Å²) in [5.74, 6) is -0.340. The van der Waals surface area contributed by atoms with Crippen LogP contribution < -0.4 is 5.73 Å². The second kappa shape index (κ2) is 49.0. The van der Waals surface area contributed by atoms with E-state index in [0.29, 0.717) is 13.0 Å². The van der Waals surface area contributed by atoms with Gasteiger partial charge < -0.3 is 20.1 Å². The van der Waals surface area contributed by atoms with Crippen LogP contribution in [-0.4, -0.2) is 49.9 Å². The molecule has 0 aromatic rings. The molecule has 61 heavy (non-hydrogen) atoms. The van der Waals surface area contributed by atoms with Crippen LogP contribution in [0.4, 0.5) is 0 Å². The molecule has 0 spiro atoms. The monoisotopic (exact) mass is 876 g/mol. The number of phosphoric ester groups is 1. The van der Waals surface area contributed by atoms with Crippen molar-refractivity contribution in [2.45, 2.75) is 219 Å². The number of unbranched alkanes of at least 4 members (excludes halogenated alkanes) is 22. The summed E-state index contributed by atoms with van der Waals surface area (Å²) in [6, 6.07) is 0. The molecule has 0 aromatic carbocycles. The van der Waals surface area contributed by atoms with Crippen molar-refractivity contribution in [3.8, 4) is 0 Å². The van der Waals surface area contributed by atoms with E-state index in [-0.39, 0.29) is 32.3 Å². The Balaban J connectivity index is 3.99. The van der Waals surface area contributed by atoms with E-state index >= 15 is 0 Å². The first-order valence-electron chi connectivity index (χ1n) is 24.9. The van der Waals surface area contributed by atoms with E-state index in [1.54, 1.807) is 0 Å². The van der Waals surface area contributed by atoms with E-state index in [1.165, 1.54) is 122 Å². The molecule has 2 atom stereocenters. The van der Waals surface area contributed by atoms with E-state index in [0.717, 1.165) is 70.6 Å². The van der Waals surface area contributed by atoms with Gasteiger partial charge in [0.1, 0.15) is 6.10 Å². The minimum atomic E-state index is -4.29. The molecule has 0 fully saturated rings. The molecule has 0 aliphatic carbocycles. The smallest absolute Gasteiger partial charge is 0.457 e. The van der Waals surface area contributed by atoms with E-state index in [2.05, 4.69) is 86.8 Å².